The van der Waals surface area contributed by atoms with Crippen LogP contribution < -0.4 is 0 Å². The minimum atomic E-state index is -2.44. The Labute approximate surface area is 167 Å². The number of aromatic nitrogens is 1. The molecule has 2 atom stereocenters. The molecule has 1 aliphatic heterocycles. The summed E-state index contributed by atoms with van der Waals surface area (Å²) in [6.07, 6.45) is 2.14. The van der Waals surface area contributed by atoms with Gasteiger partial charge in [-0.2, -0.15) is 0 Å². The first-order chi connectivity index (χ1) is 15.0. The SMILES string of the molecule is [2H]c1cc2c3c(c([2H])n(C(C)=O)c3c1)C[C@@H]1C2=C[C@@H](C(=O)N(CC)CC)CN1C([2H])([2H])[2H]. The van der Waals surface area contributed by atoms with Crippen molar-refractivity contribution in [3.05, 3.63) is 41.6 Å². The number of carbonyl (C=O) groups is 2. The molecular formula is C22H27N3O2. The van der Waals surface area contributed by atoms with Crippen molar-refractivity contribution >= 4 is 28.3 Å². The number of nitrogens with zero attached hydrogens (tertiary/aromatic N) is 3. The van der Waals surface area contributed by atoms with Crippen molar-refractivity contribution in [2.75, 3.05) is 26.6 Å². The maximum atomic E-state index is 13.2. The van der Waals surface area contributed by atoms with Gasteiger partial charge in [-0.1, -0.05) is 18.2 Å². The Hall–Kier alpha value is -2.40. The molecule has 1 amide bonds. The van der Waals surface area contributed by atoms with Crippen molar-refractivity contribution in [3.8, 4) is 0 Å². The summed E-state index contributed by atoms with van der Waals surface area (Å²) < 4.78 is 42.6. The Bertz CT molecular complexity index is 1150. The van der Waals surface area contributed by atoms with Crippen molar-refractivity contribution < 1.29 is 16.4 Å². The van der Waals surface area contributed by atoms with Gasteiger partial charge < -0.3 is 4.90 Å². The molecule has 2 heterocycles. The molecule has 1 aromatic carbocycles. The molecule has 0 saturated carbocycles. The van der Waals surface area contributed by atoms with Gasteiger partial charge in [-0.3, -0.25) is 19.1 Å². The normalized spacial score (nSPS) is 24.9. The smallest absolute Gasteiger partial charge is 0.230 e. The lowest BCUT2D eigenvalue weighted by Crippen LogP contribution is -2.47. The number of likely N-dealkylation sites (N-methyl/N-ethyl adjacent to an activating group) is 1. The lowest BCUT2D eigenvalue weighted by Gasteiger charge is -2.40. The fourth-order valence-electron chi connectivity index (χ4n) is 4.34. The van der Waals surface area contributed by atoms with Crippen LogP contribution >= 0.6 is 0 Å². The van der Waals surface area contributed by atoms with Crippen molar-refractivity contribution in [2.45, 2.75) is 33.2 Å². The third kappa shape index (κ3) is 2.72. The summed E-state index contributed by atoms with van der Waals surface area (Å²) in [5.74, 6) is -1.08. The van der Waals surface area contributed by atoms with Crippen LogP contribution in [-0.2, 0) is 11.2 Å². The third-order valence-corrected chi connectivity index (χ3v) is 5.69. The van der Waals surface area contributed by atoms with Crippen LogP contribution in [0, 0.1) is 5.92 Å². The molecule has 0 N–H and O–H groups in total. The van der Waals surface area contributed by atoms with Crippen LogP contribution in [0.15, 0.2) is 30.4 Å². The second-order valence-corrected chi connectivity index (χ2v) is 7.19. The zero-order valence-corrected chi connectivity index (χ0v) is 15.9. The number of hydrogen-bond donors (Lipinski definition) is 0. The van der Waals surface area contributed by atoms with Crippen LogP contribution in [0.3, 0.4) is 0 Å². The maximum absolute atomic E-state index is 13.2. The first-order valence-corrected chi connectivity index (χ1v) is 9.42. The van der Waals surface area contributed by atoms with E-state index in [0.29, 0.717) is 40.7 Å². The topological polar surface area (TPSA) is 45.6 Å². The van der Waals surface area contributed by atoms with Gasteiger partial charge in [-0.15, -0.1) is 0 Å². The molecule has 5 heteroatoms. The second-order valence-electron chi connectivity index (χ2n) is 7.19. The van der Waals surface area contributed by atoms with Crippen molar-refractivity contribution in [2.24, 2.45) is 5.92 Å². The lowest BCUT2D eigenvalue weighted by molar-refractivity contribution is -0.134. The molecule has 0 radical (unpaired) electrons. The van der Waals surface area contributed by atoms with E-state index in [2.05, 4.69) is 0 Å². The Morgan fingerprint density at radius 1 is 1.33 bits per heavy atom. The Balaban J connectivity index is 1.98. The van der Waals surface area contributed by atoms with E-state index in [-0.39, 0.29) is 37.0 Å². The Kier molecular flexibility index (Phi) is 3.17. The number of hydrogen-bond acceptors (Lipinski definition) is 3. The quantitative estimate of drug-likeness (QED) is 0.834. The van der Waals surface area contributed by atoms with Gasteiger partial charge in [0.15, 0.2) is 0 Å². The molecule has 0 spiro atoms. The van der Waals surface area contributed by atoms with Crippen LogP contribution in [0.25, 0.3) is 16.5 Å². The van der Waals surface area contributed by atoms with Crippen LogP contribution in [0.2, 0.25) is 0 Å². The number of amides is 1. The lowest BCUT2D eigenvalue weighted by atomic mass is 9.79. The summed E-state index contributed by atoms with van der Waals surface area (Å²) >= 11 is 0. The predicted molar refractivity (Wildman–Crippen MR) is 108 cm³/mol. The largest absolute Gasteiger partial charge is 0.343 e. The van der Waals surface area contributed by atoms with E-state index < -0.39 is 18.9 Å². The van der Waals surface area contributed by atoms with E-state index in [1.165, 1.54) is 16.4 Å². The highest BCUT2D eigenvalue weighted by Crippen LogP contribution is 2.41. The average molecular weight is 371 g/mol. The average Bonchev–Trinajstić information content (AvgIpc) is 2.99. The molecule has 1 aliphatic carbocycles. The monoisotopic (exact) mass is 370 g/mol. The van der Waals surface area contributed by atoms with Gasteiger partial charge in [0.25, 0.3) is 0 Å². The summed E-state index contributed by atoms with van der Waals surface area (Å²) in [5, 5.41) is 0.699. The van der Waals surface area contributed by atoms with Gasteiger partial charge in [0, 0.05) is 48.3 Å². The molecule has 142 valence electrons. The Morgan fingerprint density at radius 3 is 2.78 bits per heavy atom. The van der Waals surface area contributed by atoms with E-state index in [9.17, 15) is 9.59 Å². The number of benzene rings is 1. The first-order valence-electron chi connectivity index (χ1n) is 11.9. The van der Waals surface area contributed by atoms with E-state index in [1.807, 2.05) is 19.9 Å². The van der Waals surface area contributed by atoms with Gasteiger partial charge in [0.05, 0.1) is 14.2 Å². The molecule has 27 heavy (non-hydrogen) atoms. The molecule has 2 aliphatic rings. The van der Waals surface area contributed by atoms with E-state index in [0.717, 1.165) is 0 Å². The summed E-state index contributed by atoms with van der Waals surface area (Å²) in [6, 6.07) is 2.81. The van der Waals surface area contributed by atoms with Crippen LogP contribution in [-0.4, -0.2) is 58.8 Å². The minimum absolute atomic E-state index is 0.0326. The number of carbonyl (C=O) groups excluding carboxylic acids is 2. The van der Waals surface area contributed by atoms with Crippen LogP contribution in [0.5, 0.6) is 0 Å². The van der Waals surface area contributed by atoms with E-state index in [4.69, 9.17) is 6.85 Å². The summed E-state index contributed by atoms with van der Waals surface area (Å²) in [5.41, 5.74) is 2.41. The van der Waals surface area contributed by atoms with Crippen molar-refractivity contribution in [1.82, 2.24) is 14.4 Å². The van der Waals surface area contributed by atoms with Gasteiger partial charge in [0.1, 0.15) is 0 Å². The summed E-state index contributed by atoms with van der Waals surface area (Å²) in [6.45, 7) is 3.84. The highest BCUT2D eigenvalue weighted by Gasteiger charge is 2.37. The van der Waals surface area contributed by atoms with Gasteiger partial charge in [-0.05, 0) is 50.0 Å². The third-order valence-electron chi connectivity index (χ3n) is 5.69. The molecule has 0 bridgehead atoms. The van der Waals surface area contributed by atoms with E-state index >= 15 is 0 Å². The first kappa shape index (κ1) is 12.9. The molecule has 5 nitrogen and oxygen atoms in total. The minimum Gasteiger partial charge on any atom is -0.343 e. The Morgan fingerprint density at radius 2 is 2.11 bits per heavy atom. The van der Waals surface area contributed by atoms with Crippen LogP contribution in [0.1, 0.15) is 43.5 Å². The molecule has 0 saturated heterocycles. The molecule has 0 unspecified atom stereocenters. The van der Waals surface area contributed by atoms with Gasteiger partial charge in [0.2, 0.25) is 11.8 Å². The number of fused-ring (bicyclic) bond motifs is 2. The molecule has 1 aromatic heterocycles. The highest BCUT2D eigenvalue weighted by atomic mass is 16.2. The second kappa shape index (κ2) is 6.64. The van der Waals surface area contributed by atoms with Gasteiger partial charge >= 0.3 is 0 Å². The highest BCUT2D eigenvalue weighted by molar-refractivity contribution is 6.03. The predicted octanol–water partition coefficient (Wildman–Crippen LogP) is 3.04. The van der Waals surface area contributed by atoms with Crippen molar-refractivity contribution in [1.29, 1.82) is 0 Å². The zero-order chi connectivity index (χ0) is 23.5. The molecule has 0 fully saturated rings. The van der Waals surface area contributed by atoms with Crippen molar-refractivity contribution in [3.63, 3.8) is 0 Å². The molecule has 4 rings (SSSR count). The summed E-state index contributed by atoms with van der Waals surface area (Å²) in [4.78, 5) is 28.5. The number of rotatable bonds is 3. The molecule has 2 aromatic rings. The van der Waals surface area contributed by atoms with Gasteiger partial charge in [-0.25, -0.2) is 0 Å². The van der Waals surface area contributed by atoms with E-state index in [1.54, 1.807) is 17.0 Å². The zero-order valence-electron chi connectivity index (χ0n) is 20.9. The maximum Gasteiger partial charge on any atom is 0.230 e. The summed E-state index contributed by atoms with van der Waals surface area (Å²) in [7, 11) is 0. The standard InChI is InChI=1S/C22H27N3O2/c1-5-24(6-2)22(27)16-10-18-17-8-7-9-19-21(17)15(13-25(19)14(3)26)11-20(18)23(4)12-16/h7-10,13,16,20H,5-6,11-12H2,1-4H3/t16-,20-/m1/s1/i4D3,7D,13D. The van der Waals surface area contributed by atoms with Crippen LogP contribution in [0.4, 0.5) is 0 Å². The fraction of sp³-hybridized carbons (Fsp3) is 0.455. The fourth-order valence-corrected chi connectivity index (χ4v) is 4.34. The molecular weight excluding hydrogens is 338 g/mol.